The first kappa shape index (κ1) is 14.6. The Labute approximate surface area is 120 Å². The average molecular weight is 274 g/mol. The molecule has 4 nitrogen and oxygen atoms in total. The van der Waals surface area contributed by atoms with Gasteiger partial charge in [-0.25, -0.2) is 0 Å². The second-order valence-corrected chi connectivity index (χ2v) is 4.58. The van der Waals surface area contributed by atoms with E-state index in [-0.39, 0.29) is 0 Å². The zero-order valence-electron chi connectivity index (χ0n) is 12.4. The second kappa shape index (κ2) is 7.10. The van der Waals surface area contributed by atoms with Crippen LogP contribution in [0, 0.1) is 0 Å². The Balaban J connectivity index is 2.15. The van der Waals surface area contributed by atoms with Crippen molar-refractivity contribution in [1.82, 2.24) is 9.88 Å². The van der Waals surface area contributed by atoms with Gasteiger partial charge in [0, 0.05) is 24.2 Å². The lowest BCUT2D eigenvalue weighted by Gasteiger charge is -2.18. The zero-order chi connectivity index (χ0) is 14.4. The van der Waals surface area contributed by atoms with E-state index in [2.05, 4.69) is 23.7 Å². The Hall–Kier alpha value is -1.81. The van der Waals surface area contributed by atoms with E-state index >= 15 is 0 Å². The molecule has 4 heteroatoms. The molecule has 0 aliphatic carbocycles. The van der Waals surface area contributed by atoms with Gasteiger partial charge in [0.1, 0.15) is 23.6 Å². The van der Waals surface area contributed by atoms with E-state index in [1.807, 2.05) is 24.3 Å². The molecule has 1 heterocycles. The molecule has 0 fully saturated rings. The molecule has 1 aromatic carbocycles. The number of pyridine rings is 1. The molecular formula is C16H22N2O2. The van der Waals surface area contributed by atoms with Gasteiger partial charge in [-0.3, -0.25) is 4.98 Å². The van der Waals surface area contributed by atoms with Crippen molar-refractivity contribution in [3.63, 3.8) is 0 Å². The number of hydrogen-bond donors (Lipinski definition) is 0. The standard InChI is InChI=1S/C16H22N2O2/c1-4-18(5-2)9-10-20-15-12-14(19-3)11-13-7-6-8-17-16(13)15/h6-8,11-12H,4-5,9-10H2,1-3H3. The summed E-state index contributed by atoms with van der Waals surface area (Å²) >= 11 is 0. The molecule has 0 spiro atoms. The van der Waals surface area contributed by atoms with Gasteiger partial charge in [-0.1, -0.05) is 19.9 Å². The second-order valence-electron chi connectivity index (χ2n) is 4.58. The first-order valence-corrected chi connectivity index (χ1v) is 7.06. The lowest BCUT2D eigenvalue weighted by atomic mass is 10.2. The summed E-state index contributed by atoms with van der Waals surface area (Å²) < 4.78 is 11.2. The largest absolute Gasteiger partial charge is 0.497 e. The molecule has 0 unspecified atom stereocenters. The van der Waals surface area contributed by atoms with Crippen molar-refractivity contribution in [2.75, 3.05) is 33.4 Å². The molecule has 0 saturated carbocycles. The summed E-state index contributed by atoms with van der Waals surface area (Å²) in [6, 6.07) is 7.81. The van der Waals surface area contributed by atoms with Crippen molar-refractivity contribution in [3.8, 4) is 11.5 Å². The smallest absolute Gasteiger partial charge is 0.149 e. The molecule has 0 N–H and O–H groups in total. The topological polar surface area (TPSA) is 34.6 Å². The molecule has 108 valence electrons. The Kier molecular flexibility index (Phi) is 5.18. The number of methoxy groups -OCH3 is 1. The highest BCUT2D eigenvalue weighted by atomic mass is 16.5. The van der Waals surface area contributed by atoms with Gasteiger partial charge >= 0.3 is 0 Å². The van der Waals surface area contributed by atoms with Crippen molar-refractivity contribution in [2.24, 2.45) is 0 Å². The molecule has 0 atom stereocenters. The third-order valence-electron chi connectivity index (χ3n) is 3.44. The van der Waals surface area contributed by atoms with Crippen LogP contribution in [0.5, 0.6) is 11.5 Å². The minimum atomic E-state index is 0.653. The fraction of sp³-hybridized carbons (Fsp3) is 0.438. The zero-order valence-corrected chi connectivity index (χ0v) is 12.4. The summed E-state index contributed by atoms with van der Waals surface area (Å²) in [6.07, 6.45) is 1.78. The number of nitrogens with zero attached hydrogens (tertiary/aromatic N) is 2. The van der Waals surface area contributed by atoms with E-state index in [1.165, 1.54) is 0 Å². The van der Waals surface area contributed by atoms with Gasteiger partial charge in [-0.15, -0.1) is 0 Å². The lowest BCUT2D eigenvalue weighted by molar-refractivity contribution is 0.223. The molecule has 0 bridgehead atoms. The van der Waals surface area contributed by atoms with Gasteiger partial charge in [-0.05, 0) is 25.2 Å². The maximum absolute atomic E-state index is 5.91. The summed E-state index contributed by atoms with van der Waals surface area (Å²) in [7, 11) is 1.66. The van der Waals surface area contributed by atoms with Crippen molar-refractivity contribution >= 4 is 10.9 Å². The molecule has 0 radical (unpaired) electrons. The van der Waals surface area contributed by atoms with Crippen molar-refractivity contribution in [1.29, 1.82) is 0 Å². The molecule has 0 aliphatic heterocycles. The molecule has 2 rings (SSSR count). The van der Waals surface area contributed by atoms with Gasteiger partial charge in [0.2, 0.25) is 0 Å². The van der Waals surface area contributed by atoms with Gasteiger partial charge in [-0.2, -0.15) is 0 Å². The first-order chi connectivity index (χ1) is 9.78. The Morgan fingerprint density at radius 3 is 2.70 bits per heavy atom. The highest BCUT2D eigenvalue weighted by Gasteiger charge is 2.07. The van der Waals surface area contributed by atoms with E-state index in [9.17, 15) is 0 Å². The summed E-state index contributed by atoms with van der Waals surface area (Å²) in [6.45, 7) is 7.96. The Morgan fingerprint density at radius 1 is 1.20 bits per heavy atom. The van der Waals surface area contributed by atoms with Crippen LogP contribution in [-0.4, -0.2) is 43.2 Å². The van der Waals surface area contributed by atoms with E-state index in [0.29, 0.717) is 6.61 Å². The highest BCUT2D eigenvalue weighted by Crippen LogP contribution is 2.29. The highest BCUT2D eigenvalue weighted by molar-refractivity contribution is 5.86. The van der Waals surface area contributed by atoms with E-state index in [0.717, 1.165) is 42.0 Å². The van der Waals surface area contributed by atoms with Crippen LogP contribution in [-0.2, 0) is 0 Å². The number of aromatic nitrogens is 1. The van der Waals surface area contributed by atoms with Crippen molar-refractivity contribution in [3.05, 3.63) is 30.5 Å². The molecule has 0 amide bonds. The molecule has 20 heavy (non-hydrogen) atoms. The van der Waals surface area contributed by atoms with Crippen LogP contribution >= 0.6 is 0 Å². The molecule has 1 aromatic heterocycles. The number of benzene rings is 1. The summed E-state index contributed by atoms with van der Waals surface area (Å²) in [4.78, 5) is 6.73. The van der Waals surface area contributed by atoms with Crippen LogP contribution < -0.4 is 9.47 Å². The lowest BCUT2D eigenvalue weighted by Crippen LogP contribution is -2.27. The molecule has 0 aliphatic rings. The van der Waals surface area contributed by atoms with E-state index < -0.39 is 0 Å². The van der Waals surface area contributed by atoms with Crippen molar-refractivity contribution in [2.45, 2.75) is 13.8 Å². The SMILES string of the molecule is CCN(CC)CCOc1cc(OC)cc2cccnc12. The van der Waals surface area contributed by atoms with Crippen LogP contribution in [0.15, 0.2) is 30.5 Å². The van der Waals surface area contributed by atoms with Gasteiger partial charge in [0.05, 0.1) is 7.11 Å². The molecule has 0 saturated heterocycles. The average Bonchev–Trinajstić information content (AvgIpc) is 2.51. The minimum Gasteiger partial charge on any atom is -0.497 e. The van der Waals surface area contributed by atoms with Crippen LogP contribution in [0.4, 0.5) is 0 Å². The van der Waals surface area contributed by atoms with E-state index in [4.69, 9.17) is 9.47 Å². The first-order valence-electron chi connectivity index (χ1n) is 7.06. The number of rotatable bonds is 7. The van der Waals surface area contributed by atoms with Crippen molar-refractivity contribution < 1.29 is 9.47 Å². The van der Waals surface area contributed by atoms with Crippen LogP contribution in [0.25, 0.3) is 10.9 Å². The van der Waals surface area contributed by atoms with Gasteiger partial charge in [0.15, 0.2) is 0 Å². The number of ether oxygens (including phenoxy) is 2. The molecule has 2 aromatic rings. The fourth-order valence-corrected chi connectivity index (χ4v) is 2.18. The number of fused-ring (bicyclic) bond motifs is 1. The maximum atomic E-state index is 5.91. The Morgan fingerprint density at radius 2 is 2.00 bits per heavy atom. The third-order valence-corrected chi connectivity index (χ3v) is 3.44. The summed E-state index contributed by atoms with van der Waals surface area (Å²) in [5.74, 6) is 1.58. The quantitative estimate of drug-likeness (QED) is 0.777. The predicted molar refractivity (Wildman–Crippen MR) is 81.6 cm³/mol. The predicted octanol–water partition coefficient (Wildman–Crippen LogP) is 2.96. The fourth-order valence-electron chi connectivity index (χ4n) is 2.18. The maximum Gasteiger partial charge on any atom is 0.149 e. The monoisotopic (exact) mass is 274 g/mol. The summed E-state index contributed by atoms with van der Waals surface area (Å²) in [5, 5.41) is 1.03. The summed E-state index contributed by atoms with van der Waals surface area (Å²) in [5.41, 5.74) is 0.882. The third kappa shape index (κ3) is 3.39. The van der Waals surface area contributed by atoms with Crippen LogP contribution in [0.3, 0.4) is 0 Å². The van der Waals surface area contributed by atoms with Crippen LogP contribution in [0.2, 0.25) is 0 Å². The number of hydrogen-bond acceptors (Lipinski definition) is 4. The van der Waals surface area contributed by atoms with Gasteiger partial charge in [0.25, 0.3) is 0 Å². The van der Waals surface area contributed by atoms with Crippen LogP contribution in [0.1, 0.15) is 13.8 Å². The normalized spacial score (nSPS) is 11.0. The Bertz CT molecular complexity index is 553. The molecular weight excluding hydrogens is 252 g/mol. The van der Waals surface area contributed by atoms with Gasteiger partial charge < -0.3 is 14.4 Å². The minimum absolute atomic E-state index is 0.653. The van der Waals surface area contributed by atoms with E-state index in [1.54, 1.807) is 13.3 Å². The number of likely N-dealkylation sites (N-methyl/N-ethyl adjacent to an activating group) is 1.